The third kappa shape index (κ3) is 4.91. The van der Waals surface area contributed by atoms with Gasteiger partial charge in [0.1, 0.15) is 23.7 Å². The Hall–Kier alpha value is -2.64. The summed E-state index contributed by atoms with van der Waals surface area (Å²) in [5.41, 5.74) is 2.02. The van der Waals surface area contributed by atoms with E-state index < -0.39 is 0 Å². The molecule has 2 saturated carbocycles. The van der Waals surface area contributed by atoms with Crippen LogP contribution in [0.15, 0.2) is 18.3 Å². The van der Waals surface area contributed by atoms with Gasteiger partial charge in [0, 0.05) is 20.6 Å². The van der Waals surface area contributed by atoms with Gasteiger partial charge in [-0.05, 0) is 56.1 Å². The van der Waals surface area contributed by atoms with Gasteiger partial charge in [0.05, 0.1) is 18.0 Å². The van der Waals surface area contributed by atoms with Crippen LogP contribution in [0.2, 0.25) is 0 Å². The van der Waals surface area contributed by atoms with Gasteiger partial charge < -0.3 is 14.4 Å². The summed E-state index contributed by atoms with van der Waals surface area (Å²) in [5.74, 6) is 2.07. The third-order valence-corrected chi connectivity index (χ3v) is 6.21. The van der Waals surface area contributed by atoms with Gasteiger partial charge in [0.25, 0.3) is 0 Å². The molecule has 2 aromatic rings. The van der Waals surface area contributed by atoms with E-state index in [-0.39, 0.29) is 18.8 Å². The number of rotatable bonds is 7. The summed E-state index contributed by atoms with van der Waals surface area (Å²) in [4.78, 5) is 18.5. The van der Waals surface area contributed by atoms with E-state index in [1.165, 1.54) is 25.7 Å². The monoisotopic (exact) mass is 413 g/mol. The van der Waals surface area contributed by atoms with Crippen LogP contribution in [0.4, 0.5) is 4.79 Å². The lowest BCUT2D eigenvalue weighted by atomic mass is 9.98. The van der Waals surface area contributed by atoms with E-state index in [9.17, 15) is 4.79 Å². The van der Waals surface area contributed by atoms with Crippen molar-refractivity contribution >= 4 is 6.09 Å². The SMILES string of the molecule is C[C@@H]1CC1CN(C)C(=O)OCc1c(-c2ccc(OC3CCCCC3)cn2)nnn1C. The van der Waals surface area contributed by atoms with Crippen molar-refractivity contribution in [2.24, 2.45) is 18.9 Å². The number of aryl methyl sites for hydroxylation is 1. The molecule has 1 unspecified atom stereocenters. The van der Waals surface area contributed by atoms with Gasteiger partial charge in [0.15, 0.2) is 0 Å². The van der Waals surface area contributed by atoms with Crippen LogP contribution in [0.5, 0.6) is 5.75 Å². The van der Waals surface area contributed by atoms with Crippen molar-refractivity contribution in [1.82, 2.24) is 24.9 Å². The van der Waals surface area contributed by atoms with Crippen LogP contribution in [0.3, 0.4) is 0 Å². The molecule has 2 aromatic heterocycles. The Morgan fingerprint density at radius 1 is 1.27 bits per heavy atom. The van der Waals surface area contributed by atoms with Crippen LogP contribution in [0.1, 0.15) is 51.1 Å². The van der Waals surface area contributed by atoms with E-state index in [0.717, 1.165) is 25.1 Å². The maximum atomic E-state index is 12.3. The van der Waals surface area contributed by atoms with Crippen LogP contribution < -0.4 is 4.74 Å². The number of hydrogen-bond acceptors (Lipinski definition) is 6. The van der Waals surface area contributed by atoms with Gasteiger partial charge in [-0.1, -0.05) is 18.6 Å². The number of carbonyl (C=O) groups is 1. The van der Waals surface area contributed by atoms with Crippen LogP contribution >= 0.6 is 0 Å². The molecule has 162 valence electrons. The zero-order chi connectivity index (χ0) is 21.1. The quantitative estimate of drug-likeness (QED) is 0.686. The number of hydrogen-bond donors (Lipinski definition) is 0. The number of nitrogens with zero attached hydrogens (tertiary/aromatic N) is 5. The highest BCUT2D eigenvalue weighted by atomic mass is 16.6. The molecule has 2 aliphatic carbocycles. The van der Waals surface area contributed by atoms with Crippen LogP contribution in [-0.2, 0) is 18.4 Å². The Kier molecular flexibility index (Phi) is 6.20. The summed E-state index contributed by atoms with van der Waals surface area (Å²) >= 11 is 0. The molecule has 0 aromatic carbocycles. The van der Waals surface area contributed by atoms with Gasteiger partial charge >= 0.3 is 6.09 Å². The average Bonchev–Trinajstić information content (AvgIpc) is 3.32. The number of pyridine rings is 1. The molecular formula is C22H31N5O3. The van der Waals surface area contributed by atoms with E-state index in [1.807, 2.05) is 12.1 Å². The van der Waals surface area contributed by atoms with Crippen molar-refractivity contribution in [2.75, 3.05) is 13.6 Å². The molecule has 8 heteroatoms. The number of amides is 1. The lowest BCUT2D eigenvalue weighted by Gasteiger charge is -2.22. The highest BCUT2D eigenvalue weighted by Gasteiger charge is 2.34. The average molecular weight is 414 g/mol. The van der Waals surface area contributed by atoms with Gasteiger partial charge in [-0.15, -0.1) is 5.10 Å². The normalized spacial score (nSPS) is 21.3. The molecule has 2 atom stereocenters. The third-order valence-electron chi connectivity index (χ3n) is 6.21. The molecule has 2 aliphatic rings. The minimum atomic E-state index is -0.328. The molecule has 0 saturated heterocycles. The van der Waals surface area contributed by atoms with Crippen molar-refractivity contribution in [2.45, 2.75) is 58.2 Å². The van der Waals surface area contributed by atoms with E-state index >= 15 is 0 Å². The van der Waals surface area contributed by atoms with Crippen molar-refractivity contribution in [3.63, 3.8) is 0 Å². The molecule has 1 amide bonds. The predicted molar refractivity (Wildman–Crippen MR) is 112 cm³/mol. The minimum absolute atomic E-state index is 0.101. The van der Waals surface area contributed by atoms with Crippen LogP contribution in [0.25, 0.3) is 11.4 Å². The molecule has 2 fully saturated rings. The lowest BCUT2D eigenvalue weighted by molar-refractivity contribution is 0.101. The van der Waals surface area contributed by atoms with Crippen molar-refractivity contribution in [1.29, 1.82) is 0 Å². The molecule has 0 radical (unpaired) electrons. The first-order chi connectivity index (χ1) is 14.5. The minimum Gasteiger partial charge on any atom is -0.489 e. The molecular weight excluding hydrogens is 382 g/mol. The summed E-state index contributed by atoms with van der Waals surface area (Å²) in [6.07, 6.45) is 8.84. The van der Waals surface area contributed by atoms with Gasteiger partial charge in [0.2, 0.25) is 0 Å². The maximum absolute atomic E-state index is 12.3. The lowest BCUT2D eigenvalue weighted by Crippen LogP contribution is -2.29. The summed E-state index contributed by atoms with van der Waals surface area (Å²) < 4.78 is 13.2. The first-order valence-electron chi connectivity index (χ1n) is 10.9. The fourth-order valence-corrected chi connectivity index (χ4v) is 4.02. The Balaban J connectivity index is 1.37. The topological polar surface area (TPSA) is 82.4 Å². The molecule has 0 spiro atoms. The van der Waals surface area contributed by atoms with Crippen LogP contribution in [0, 0.1) is 11.8 Å². The zero-order valence-corrected chi connectivity index (χ0v) is 18.1. The summed E-state index contributed by atoms with van der Waals surface area (Å²) in [6, 6.07) is 3.81. The fourth-order valence-electron chi connectivity index (χ4n) is 4.02. The van der Waals surface area contributed by atoms with E-state index in [2.05, 4.69) is 22.2 Å². The van der Waals surface area contributed by atoms with E-state index in [4.69, 9.17) is 9.47 Å². The first-order valence-corrected chi connectivity index (χ1v) is 10.9. The summed E-state index contributed by atoms with van der Waals surface area (Å²) in [7, 11) is 3.57. The molecule has 0 bridgehead atoms. The molecule has 2 heterocycles. The summed E-state index contributed by atoms with van der Waals surface area (Å²) in [6.45, 7) is 3.04. The Labute approximate surface area is 177 Å². The van der Waals surface area contributed by atoms with Crippen LogP contribution in [-0.4, -0.2) is 50.7 Å². The Morgan fingerprint density at radius 3 is 2.70 bits per heavy atom. The predicted octanol–water partition coefficient (Wildman–Crippen LogP) is 3.81. The van der Waals surface area contributed by atoms with Gasteiger partial charge in [-0.2, -0.15) is 0 Å². The largest absolute Gasteiger partial charge is 0.489 e. The molecule has 8 nitrogen and oxygen atoms in total. The fraction of sp³-hybridized carbons (Fsp3) is 0.636. The number of ether oxygens (including phenoxy) is 2. The molecule has 0 aliphatic heterocycles. The summed E-state index contributed by atoms with van der Waals surface area (Å²) in [5, 5.41) is 8.32. The smallest absolute Gasteiger partial charge is 0.409 e. The second kappa shape index (κ2) is 9.02. The highest BCUT2D eigenvalue weighted by Crippen LogP contribution is 2.38. The van der Waals surface area contributed by atoms with E-state index in [1.54, 1.807) is 29.9 Å². The standard InChI is InChI=1S/C22H31N5O3/c1-15-11-16(15)13-26(2)22(28)29-14-20-21(24-25-27(20)3)19-10-9-18(12-23-19)30-17-7-5-4-6-8-17/h9-10,12,15-17H,4-8,11,13-14H2,1-3H3/t15-,16?/m1/s1. The van der Waals surface area contributed by atoms with Crippen molar-refractivity contribution < 1.29 is 14.3 Å². The van der Waals surface area contributed by atoms with Crippen molar-refractivity contribution in [3.8, 4) is 17.1 Å². The van der Waals surface area contributed by atoms with Gasteiger partial charge in [-0.3, -0.25) is 4.98 Å². The maximum Gasteiger partial charge on any atom is 0.409 e. The highest BCUT2D eigenvalue weighted by molar-refractivity contribution is 5.67. The van der Waals surface area contributed by atoms with E-state index in [0.29, 0.717) is 28.9 Å². The number of aromatic nitrogens is 4. The number of carbonyl (C=O) groups excluding carboxylic acids is 1. The Bertz CT molecular complexity index is 860. The first kappa shape index (κ1) is 20.6. The zero-order valence-electron chi connectivity index (χ0n) is 18.1. The Morgan fingerprint density at radius 2 is 2.03 bits per heavy atom. The van der Waals surface area contributed by atoms with Crippen molar-refractivity contribution in [3.05, 3.63) is 24.0 Å². The molecule has 4 rings (SSSR count). The second-order valence-corrected chi connectivity index (χ2v) is 8.67. The molecule has 30 heavy (non-hydrogen) atoms. The van der Waals surface area contributed by atoms with Gasteiger partial charge in [-0.25, -0.2) is 9.48 Å². The molecule has 0 N–H and O–H groups in total. The second-order valence-electron chi connectivity index (χ2n) is 8.67.